The minimum absolute atomic E-state index is 0.0651. The van der Waals surface area contributed by atoms with Crippen molar-refractivity contribution in [2.45, 2.75) is 25.8 Å². The zero-order valence-corrected chi connectivity index (χ0v) is 20.0. The number of benzene rings is 3. The lowest BCUT2D eigenvalue weighted by molar-refractivity contribution is -0.128. The standard InChI is InChI=1S/C27H27N3O3S/c1-3-33-24-15-13-21(14-16-24)19(2)28-29-26(32)22-9-11-23(12-10-22)27-30(25(31)18-34-27)17-20-7-5-4-6-8-20/h4-16,27H,3,17-18H2,1-2H3,(H,29,32)/b28-19-/t27-/m0/s1. The molecule has 3 aromatic rings. The summed E-state index contributed by atoms with van der Waals surface area (Å²) in [5.41, 5.74) is 6.83. The normalized spacial score (nSPS) is 15.9. The Bertz CT molecular complexity index is 1160. The highest BCUT2D eigenvalue weighted by molar-refractivity contribution is 8.00. The number of nitrogens with one attached hydrogen (secondary N) is 1. The number of thioether (sulfide) groups is 1. The Morgan fingerprint density at radius 1 is 1.03 bits per heavy atom. The Labute approximate surface area is 204 Å². The van der Waals surface area contributed by atoms with E-state index in [1.807, 2.05) is 85.5 Å². The molecule has 0 unspecified atom stereocenters. The third-order valence-corrected chi connectivity index (χ3v) is 6.79. The van der Waals surface area contributed by atoms with Crippen LogP contribution in [0.5, 0.6) is 5.75 Å². The monoisotopic (exact) mass is 473 g/mol. The molecule has 1 atom stereocenters. The molecule has 1 aliphatic heterocycles. The van der Waals surface area contributed by atoms with Crippen LogP contribution in [0.3, 0.4) is 0 Å². The second-order valence-electron chi connectivity index (χ2n) is 7.89. The predicted octanol–water partition coefficient (Wildman–Crippen LogP) is 5.01. The van der Waals surface area contributed by atoms with E-state index in [0.29, 0.717) is 30.2 Å². The number of ether oxygens (including phenoxy) is 1. The molecule has 0 bridgehead atoms. The maximum Gasteiger partial charge on any atom is 0.271 e. The fourth-order valence-electron chi connectivity index (χ4n) is 3.70. The minimum Gasteiger partial charge on any atom is -0.494 e. The van der Waals surface area contributed by atoms with Crippen molar-refractivity contribution in [3.8, 4) is 5.75 Å². The molecule has 1 N–H and O–H groups in total. The van der Waals surface area contributed by atoms with Crippen LogP contribution in [0, 0.1) is 0 Å². The van der Waals surface area contributed by atoms with Crippen LogP contribution in [0.15, 0.2) is 84.0 Å². The van der Waals surface area contributed by atoms with Crippen LogP contribution < -0.4 is 10.2 Å². The van der Waals surface area contributed by atoms with Gasteiger partial charge >= 0.3 is 0 Å². The van der Waals surface area contributed by atoms with E-state index in [1.54, 1.807) is 23.9 Å². The van der Waals surface area contributed by atoms with Crippen LogP contribution in [0.1, 0.15) is 46.3 Å². The number of carbonyl (C=O) groups excluding carboxylic acids is 2. The predicted molar refractivity (Wildman–Crippen MR) is 136 cm³/mol. The van der Waals surface area contributed by atoms with Crippen LogP contribution in [0.4, 0.5) is 0 Å². The van der Waals surface area contributed by atoms with E-state index in [4.69, 9.17) is 4.74 Å². The van der Waals surface area contributed by atoms with Gasteiger partial charge in [0, 0.05) is 12.1 Å². The number of hydrogen-bond acceptors (Lipinski definition) is 5. The van der Waals surface area contributed by atoms with Crippen molar-refractivity contribution in [3.05, 3.63) is 101 Å². The molecule has 1 fully saturated rings. The Balaban J connectivity index is 1.40. The van der Waals surface area contributed by atoms with Crippen molar-refractivity contribution >= 4 is 29.3 Å². The molecule has 2 amide bonds. The van der Waals surface area contributed by atoms with Gasteiger partial charge in [0.05, 0.1) is 18.1 Å². The molecule has 4 rings (SSSR count). The first-order chi connectivity index (χ1) is 16.5. The molecule has 6 nitrogen and oxygen atoms in total. The second kappa shape index (κ2) is 11.0. The fraction of sp³-hybridized carbons (Fsp3) is 0.222. The summed E-state index contributed by atoms with van der Waals surface area (Å²) in [6.45, 7) is 4.96. The summed E-state index contributed by atoms with van der Waals surface area (Å²) in [4.78, 5) is 27.0. The van der Waals surface area contributed by atoms with Gasteiger partial charge in [-0.3, -0.25) is 9.59 Å². The first-order valence-electron chi connectivity index (χ1n) is 11.2. The van der Waals surface area contributed by atoms with E-state index in [2.05, 4.69) is 10.5 Å². The highest BCUT2D eigenvalue weighted by atomic mass is 32.2. The molecule has 0 aliphatic carbocycles. The molecule has 0 radical (unpaired) electrons. The smallest absolute Gasteiger partial charge is 0.271 e. The lowest BCUT2D eigenvalue weighted by Gasteiger charge is -2.24. The molecule has 3 aromatic carbocycles. The van der Waals surface area contributed by atoms with E-state index in [9.17, 15) is 9.59 Å². The molecule has 34 heavy (non-hydrogen) atoms. The maximum absolute atomic E-state index is 12.6. The lowest BCUT2D eigenvalue weighted by Crippen LogP contribution is -2.27. The Hall–Kier alpha value is -3.58. The zero-order chi connectivity index (χ0) is 23.9. The van der Waals surface area contributed by atoms with Crippen molar-refractivity contribution in [1.29, 1.82) is 0 Å². The average molecular weight is 474 g/mol. The molecule has 0 aromatic heterocycles. The average Bonchev–Trinajstić information content (AvgIpc) is 3.23. The van der Waals surface area contributed by atoms with Gasteiger partial charge in [-0.2, -0.15) is 5.10 Å². The number of carbonyl (C=O) groups is 2. The third-order valence-electron chi connectivity index (χ3n) is 5.53. The Morgan fingerprint density at radius 3 is 2.38 bits per heavy atom. The Kier molecular flexibility index (Phi) is 7.65. The zero-order valence-electron chi connectivity index (χ0n) is 19.2. The van der Waals surface area contributed by atoms with Crippen molar-refractivity contribution in [2.75, 3.05) is 12.4 Å². The van der Waals surface area contributed by atoms with Gasteiger partial charge in [-0.05, 0) is 66.9 Å². The summed E-state index contributed by atoms with van der Waals surface area (Å²) in [5, 5.41) is 4.17. The van der Waals surface area contributed by atoms with Gasteiger partial charge in [-0.15, -0.1) is 11.8 Å². The Morgan fingerprint density at radius 2 is 1.71 bits per heavy atom. The maximum atomic E-state index is 12.6. The van der Waals surface area contributed by atoms with Gasteiger partial charge in [0.15, 0.2) is 0 Å². The van der Waals surface area contributed by atoms with E-state index in [0.717, 1.165) is 22.4 Å². The largest absolute Gasteiger partial charge is 0.494 e. The van der Waals surface area contributed by atoms with Crippen molar-refractivity contribution in [3.63, 3.8) is 0 Å². The second-order valence-corrected chi connectivity index (χ2v) is 8.96. The summed E-state index contributed by atoms with van der Waals surface area (Å²) < 4.78 is 5.45. The van der Waals surface area contributed by atoms with Gasteiger partial charge in [-0.1, -0.05) is 42.5 Å². The summed E-state index contributed by atoms with van der Waals surface area (Å²) in [7, 11) is 0. The molecule has 174 valence electrons. The van der Waals surface area contributed by atoms with Crippen LogP contribution in [-0.4, -0.2) is 34.8 Å². The number of hydrogen-bond donors (Lipinski definition) is 1. The summed E-state index contributed by atoms with van der Waals surface area (Å²) in [6, 6.07) is 24.9. The van der Waals surface area contributed by atoms with E-state index in [-0.39, 0.29) is 17.2 Å². The molecule has 7 heteroatoms. The minimum atomic E-state index is -0.284. The highest BCUT2D eigenvalue weighted by Crippen LogP contribution is 2.39. The van der Waals surface area contributed by atoms with E-state index >= 15 is 0 Å². The van der Waals surface area contributed by atoms with Crippen LogP contribution >= 0.6 is 11.8 Å². The van der Waals surface area contributed by atoms with Gasteiger partial charge < -0.3 is 9.64 Å². The van der Waals surface area contributed by atoms with Crippen LogP contribution in [-0.2, 0) is 11.3 Å². The molecular formula is C27H27N3O3S. The number of amides is 2. The summed E-state index contributed by atoms with van der Waals surface area (Å²) in [5.74, 6) is 1.10. The first kappa shape index (κ1) is 23.6. The van der Waals surface area contributed by atoms with Gasteiger partial charge in [-0.25, -0.2) is 5.43 Å². The van der Waals surface area contributed by atoms with Crippen molar-refractivity contribution < 1.29 is 14.3 Å². The van der Waals surface area contributed by atoms with E-state index < -0.39 is 0 Å². The number of rotatable bonds is 8. The number of nitrogens with zero attached hydrogens (tertiary/aromatic N) is 2. The van der Waals surface area contributed by atoms with Gasteiger partial charge in [0.25, 0.3) is 5.91 Å². The molecular weight excluding hydrogens is 446 g/mol. The van der Waals surface area contributed by atoms with Gasteiger partial charge in [0.1, 0.15) is 11.1 Å². The van der Waals surface area contributed by atoms with Crippen LogP contribution in [0.25, 0.3) is 0 Å². The highest BCUT2D eigenvalue weighted by Gasteiger charge is 2.32. The molecule has 0 spiro atoms. The summed E-state index contributed by atoms with van der Waals surface area (Å²) in [6.07, 6.45) is 0. The van der Waals surface area contributed by atoms with E-state index in [1.165, 1.54) is 0 Å². The van der Waals surface area contributed by atoms with Gasteiger partial charge in [0.2, 0.25) is 5.91 Å². The SMILES string of the molecule is CCOc1ccc(/C(C)=N\NC(=O)c2ccc([C@@H]3SCC(=O)N3Cc3ccccc3)cc2)cc1. The summed E-state index contributed by atoms with van der Waals surface area (Å²) >= 11 is 1.61. The number of hydrazone groups is 1. The molecule has 1 saturated heterocycles. The molecule has 1 aliphatic rings. The van der Waals surface area contributed by atoms with Crippen molar-refractivity contribution in [2.24, 2.45) is 5.10 Å². The topological polar surface area (TPSA) is 71.0 Å². The van der Waals surface area contributed by atoms with Crippen LogP contribution in [0.2, 0.25) is 0 Å². The first-order valence-corrected chi connectivity index (χ1v) is 12.2. The fourth-order valence-corrected chi connectivity index (χ4v) is 4.89. The van der Waals surface area contributed by atoms with Crippen molar-refractivity contribution in [1.82, 2.24) is 10.3 Å². The molecule has 1 heterocycles. The molecule has 0 saturated carbocycles. The third kappa shape index (κ3) is 5.66. The quantitative estimate of drug-likeness (QED) is 0.369. The lowest BCUT2D eigenvalue weighted by atomic mass is 10.1.